The molecule has 3 rings (SSSR count). The van der Waals surface area contributed by atoms with Crippen LogP contribution in [0.25, 0.3) is 10.8 Å². The number of benzene rings is 2. The Kier molecular flexibility index (Phi) is 7.81. The fraction of sp³-hybridized carbons (Fsp3) is 0.500. The topological polar surface area (TPSA) is 140 Å². The third-order valence-electron chi connectivity index (χ3n) is 5.16. The summed E-state index contributed by atoms with van der Waals surface area (Å²) in [4.78, 5) is 2.09. The van der Waals surface area contributed by atoms with Crippen LogP contribution in [0.3, 0.4) is 0 Å². The molecule has 0 unspecified atom stereocenters. The summed E-state index contributed by atoms with van der Waals surface area (Å²) in [5.74, 6) is 0.246. The van der Waals surface area contributed by atoms with Crippen LogP contribution in [0.15, 0.2) is 41.3 Å². The Labute approximate surface area is 185 Å². The zero-order chi connectivity index (χ0) is 22.8. The van der Waals surface area contributed by atoms with Crippen molar-refractivity contribution < 1.29 is 33.6 Å². The highest BCUT2D eigenvalue weighted by molar-refractivity contribution is 7.99. The molecule has 0 aliphatic carbocycles. The first-order valence-corrected chi connectivity index (χ1v) is 12.3. The average molecular weight is 473 g/mol. The number of rotatable bonds is 8. The highest BCUT2D eigenvalue weighted by Crippen LogP contribution is 2.31. The van der Waals surface area contributed by atoms with Crippen LogP contribution in [0.1, 0.15) is 0 Å². The average Bonchev–Trinajstić information content (AvgIpc) is 2.75. The summed E-state index contributed by atoms with van der Waals surface area (Å²) < 4.78 is 33.8. The van der Waals surface area contributed by atoms with Crippen LogP contribution in [0, 0.1) is 0 Å². The molecule has 0 amide bonds. The van der Waals surface area contributed by atoms with Gasteiger partial charge in [0.25, 0.3) is 0 Å². The summed E-state index contributed by atoms with van der Waals surface area (Å²) in [5.41, 5.74) is 0.00739. The van der Waals surface area contributed by atoms with Gasteiger partial charge in [-0.05, 0) is 12.1 Å². The zero-order valence-corrected chi connectivity index (χ0v) is 18.9. The molecule has 0 aromatic heterocycles. The summed E-state index contributed by atoms with van der Waals surface area (Å²) in [6.07, 6.45) is -5.23. The Bertz CT molecular complexity index is 1000. The normalized spacial score (nSPS) is 26.8. The van der Waals surface area contributed by atoms with Crippen LogP contribution >= 0.6 is 11.8 Å². The molecule has 11 heteroatoms. The molecule has 1 heterocycles. The molecule has 0 radical (unpaired) electrons. The first-order valence-electron chi connectivity index (χ1n) is 9.78. The SMILES string of the molecule is CN(C)c1cccc2c(S(=O)(=O)NCCS[C@@H]3O[C@H](CO)[C@H](O)[C@H](O)[C@H]3O)cccc12. The molecule has 1 aliphatic rings. The third kappa shape index (κ3) is 5.15. The maximum Gasteiger partial charge on any atom is 0.241 e. The molecular weight excluding hydrogens is 444 g/mol. The number of hydrogen-bond acceptors (Lipinski definition) is 9. The van der Waals surface area contributed by atoms with Crippen LogP contribution in [0.4, 0.5) is 5.69 Å². The van der Waals surface area contributed by atoms with E-state index < -0.39 is 46.5 Å². The second-order valence-corrected chi connectivity index (χ2v) is 10.4. The molecule has 1 saturated heterocycles. The largest absolute Gasteiger partial charge is 0.394 e. The van der Waals surface area contributed by atoms with Crippen LogP contribution in [0.5, 0.6) is 0 Å². The number of nitrogens with one attached hydrogen (secondary N) is 1. The lowest BCUT2D eigenvalue weighted by atomic mass is 10.0. The third-order valence-corrected chi connectivity index (χ3v) is 7.83. The number of sulfonamides is 1. The van der Waals surface area contributed by atoms with Gasteiger partial charge in [0, 0.05) is 42.9 Å². The Balaban J connectivity index is 1.67. The second kappa shape index (κ2) is 10.0. The highest BCUT2D eigenvalue weighted by Gasteiger charge is 2.43. The number of anilines is 1. The predicted octanol–water partition coefficient (Wildman–Crippen LogP) is -0.283. The number of aliphatic hydroxyl groups excluding tert-OH is 4. The van der Waals surface area contributed by atoms with Crippen LogP contribution < -0.4 is 9.62 Å². The lowest BCUT2D eigenvalue weighted by molar-refractivity contribution is -0.205. The van der Waals surface area contributed by atoms with Gasteiger partial charge in [-0.15, -0.1) is 11.8 Å². The van der Waals surface area contributed by atoms with Gasteiger partial charge in [0.2, 0.25) is 10.0 Å². The summed E-state index contributed by atoms with van der Waals surface area (Å²) in [6.45, 7) is -0.448. The minimum absolute atomic E-state index is 0.0613. The number of nitrogens with zero attached hydrogens (tertiary/aromatic N) is 1. The molecule has 172 valence electrons. The van der Waals surface area contributed by atoms with Gasteiger partial charge < -0.3 is 30.1 Å². The quantitative estimate of drug-likeness (QED) is 0.328. The van der Waals surface area contributed by atoms with E-state index >= 15 is 0 Å². The van der Waals surface area contributed by atoms with E-state index in [1.54, 1.807) is 18.2 Å². The van der Waals surface area contributed by atoms with Gasteiger partial charge in [0.15, 0.2) is 0 Å². The molecule has 1 fully saturated rings. The molecule has 2 aromatic carbocycles. The van der Waals surface area contributed by atoms with Crippen molar-refractivity contribution in [3.63, 3.8) is 0 Å². The summed E-state index contributed by atoms with van der Waals surface area (Å²) in [5, 5.41) is 40.4. The van der Waals surface area contributed by atoms with Crippen LogP contribution in [0.2, 0.25) is 0 Å². The van der Waals surface area contributed by atoms with Gasteiger partial charge in [-0.3, -0.25) is 0 Å². The maximum absolute atomic E-state index is 12.9. The van der Waals surface area contributed by atoms with Crippen molar-refractivity contribution in [3.05, 3.63) is 36.4 Å². The van der Waals surface area contributed by atoms with E-state index in [1.807, 2.05) is 37.2 Å². The number of aliphatic hydroxyl groups is 4. The van der Waals surface area contributed by atoms with E-state index in [0.29, 0.717) is 5.39 Å². The second-order valence-electron chi connectivity index (χ2n) is 7.49. The highest BCUT2D eigenvalue weighted by atomic mass is 32.2. The van der Waals surface area contributed by atoms with Gasteiger partial charge in [0.05, 0.1) is 11.5 Å². The molecule has 9 nitrogen and oxygen atoms in total. The standard InChI is InChI=1S/C20H28N2O7S2/c1-22(2)14-7-3-6-13-12(14)5-4-8-16(13)31(27,28)21-9-10-30-20-19(26)18(25)17(24)15(11-23)29-20/h3-8,15,17-21,23-26H,9-11H2,1-2H3/t15-,17+,18+,19-,20+/m1/s1. The molecule has 5 atom stereocenters. The minimum Gasteiger partial charge on any atom is -0.394 e. The van der Waals surface area contributed by atoms with Crippen molar-refractivity contribution in [2.24, 2.45) is 0 Å². The van der Waals surface area contributed by atoms with Gasteiger partial charge in [-0.25, -0.2) is 13.1 Å². The molecule has 2 aromatic rings. The fourth-order valence-electron chi connectivity index (χ4n) is 3.52. The Hall–Kier alpha value is -1.44. The van der Waals surface area contributed by atoms with E-state index in [9.17, 15) is 28.8 Å². The van der Waals surface area contributed by atoms with Crippen molar-refractivity contribution >= 4 is 38.2 Å². The van der Waals surface area contributed by atoms with Crippen molar-refractivity contribution in [3.8, 4) is 0 Å². The summed E-state index contributed by atoms with van der Waals surface area (Å²) in [6, 6.07) is 10.6. The molecule has 0 bridgehead atoms. The van der Waals surface area contributed by atoms with Crippen LogP contribution in [-0.2, 0) is 14.8 Å². The first-order chi connectivity index (χ1) is 14.7. The van der Waals surface area contributed by atoms with Crippen molar-refractivity contribution in [2.75, 3.05) is 37.9 Å². The Morgan fingerprint density at radius 2 is 1.71 bits per heavy atom. The van der Waals surface area contributed by atoms with Crippen molar-refractivity contribution in [1.29, 1.82) is 0 Å². The lowest BCUT2D eigenvalue weighted by Gasteiger charge is -2.39. The fourth-order valence-corrected chi connectivity index (χ4v) is 5.94. The van der Waals surface area contributed by atoms with E-state index in [4.69, 9.17) is 4.74 Å². The van der Waals surface area contributed by atoms with E-state index in [2.05, 4.69) is 4.72 Å². The van der Waals surface area contributed by atoms with Crippen molar-refractivity contribution in [2.45, 2.75) is 34.7 Å². The van der Waals surface area contributed by atoms with E-state index in [1.165, 1.54) is 0 Å². The number of thioether (sulfide) groups is 1. The Morgan fingerprint density at radius 1 is 1.03 bits per heavy atom. The monoisotopic (exact) mass is 472 g/mol. The lowest BCUT2D eigenvalue weighted by Crippen LogP contribution is -2.57. The predicted molar refractivity (Wildman–Crippen MR) is 120 cm³/mol. The molecule has 0 saturated carbocycles. The number of fused-ring (bicyclic) bond motifs is 1. The van der Waals surface area contributed by atoms with Crippen molar-refractivity contribution in [1.82, 2.24) is 4.72 Å². The van der Waals surface area contributed by atoms with Gasteiger partial charge >= 0.3 is 0 Å². The molecular formula is C20H28N2O7S2. The van der Waals surface area contributed by atoms with Crippen LogP contribution in [-0.4, -0.2) is 91.7 Å². The smallest absolute Gasteiger partial charge is 0.241 e. The van der Waals surface area contributed by atoms with E-state index in [-0.39, 0.29) is 17.2 Å². The molecule has 1 aliphatic heterocycles. The Morgan fingerprint density at radius 3 is 2.39 bits per heavy atom. The van der Waals surface area contributed by atoms with Gasteiger partial charge in [-0.2, -0.15) is 0 Å². The number of hydrogen-bond donors (Lipinski definition) is 5. The molecule has 0 spiro atoms. The molecule has 31 heavy (non-hydrogen) atoms. The first kappa shape index (κ1) is 24.2. The number of ether oxygens (including phenoxy) is 1. The summed E-state index contributed by atoms with van der Waals surface area (Å²) >= 11 is 1.09. The maximum atomic E-state index is 12.9. The van der Waals surface area contributed by atoms with E-state index in [0.717, 1.165) is 22.8 Å². The molecule has 5 N–H and O–H groups in total. The minimum atomic E-state index is -3.80. The summed E-state index contributed by atoms with van der Waals surface area (Å²) in [7, 11) is -0.00873. The zero-order valence-electron chi connectivity index (χ0n) is 17.2. The van der Waals surface area contributed by atoms with Gasteiger partial charge in [-0.1, -0.05) is 24.3 Å². The van der Waals surface area contributed by atoms with Gasteiger partial charge in [0.1, 0.15) is 29.9 Å².